The molecule has 0 aromatic heterocycles. The van der Waals surface area contributed by atoms with E-state index in [-0.39, 0.29) is 42.1 Å². The Morgan fingerprint density at radius 1 is 0.904 bits per heavy atom. The van der Waals surface area contributed by atoms with Crippen LogP contribution >= 0.6 is 0 Å². The lowest BCUT2D eigenvalue weighted by molar-refractivity contribution is -0.143. The van der Waals surface area contributed by atoms with Crippen LogP contribution in [0.1, 0.15) is 46.5 Å². The molecule has 0 saturated carbocycles. The van der Waals surface area contributed by atoms with Crippen LogP contribution in [0.4, 0.5) is 32.0 Å². The van der Waals surface area contributed by atoms with Crippen molar-refractivity contribution < 1.29 is 45.8 Å². The third kappa shape index (κ3) is 9.31. The molecule has 0 fully saturated rings. The minimum absolute atomic E-state index is 0.00186. The first-order valence-electron chi connectivity index (χ1n) is 16.7. The van der Waals surface area contributed by atoms with Crippen molar-refractivity contribution in [2.45, 2.75) is 51.3 Å². The fraction of sp³-hybridized carbons (Fsp3) is 0.333. The molecule has 2 N–H and O–H groups in total. The second-order valence-corrected chi connectivity index (χ2v) is 13.2. The number of rotatable bonds is 10. The number of para-hydroxylation sites is 1. The molecule has 5 rings (SSSR count). The zero-order valence-electron chi connectivity index (χ0n) is 28.8. The minimum atomic E-state index is -5.07. The average molecular weight is 728 g/mol. The predicted molar refractivity (Wildman–Crippen MR) is 185 cm³/mol. The SMILES string of the molecule is C[C@@H]1CN([C@@H](C)CO)C(=O)c2cccc(NC(=O)Cc3cc(C(F)(F)F)cc(C(F)(F)F)c3)c2O[C@@H]1CN(C)Cc1ccc(-c2ccccc2)cc1. The molecule has 2 amide bonds. The number of amides is 2. The zero-order valence-corrected chi connectivity index (χ0v) is 28.8. The number of anilines is 1. The second kappa shape index (κ2) is 15.8. The van der Waals surface area contributed by atoms with Crippen LogP contribution in [0.25, 0.3) is 11.1 Å². The van der Waals surface area contributed by atoms with Gasteiger partial charge < -0.3 is 20.1 Å². The standard InChI is InChI=1S/C39H39F6N3O4/c1-24-20-48(25(2)23-49)37(51)32-10-7-11-33(46-35(50)18-27-16-30(38(40,41)42)19-31(17-27)39(43,44)45)36(32)52-34(24)22-47(3)21-26-12-14-29(15-13-26)28-8-5-4-6-9-28/h4-17,19,24-25,34,49H,18,20-23H2,1-3H3,(H,46,50)/t24-,25+,34-/m1/s1. The van der Waals surface area contributed by atoms with E-state index in [1.54, 1.807) is 6.92 Å². The second-order valence-electron chi connectivity index (χ2n) is 13.2. The third-order valence-corrected chi connectivity index (χ3v) is 8.98. The molecule has 1 aliphatic rings. The Morgan fingerprint density at radius 3 is 2.12 bits per heavy atom. The van der Waals surface area contributed by atoms with Gasteiger partial charge in [-0.05, 0) is 66.6 Å². The fourth-order valence-corrected chi connectivity index (χ4v) is 6.18. The lowest BCUT2D eigenvalue weighted by Crippen LogP contribution is -2.49. The van der Waals surface area contributed by atoms with Crippen LogP contribution in [-0.4, -0.2) is 65.6 Å². The molecule has 0 spiro atoms. The molecular formula is C39H39F6N3O4. The number of carbonyl (C=O) groups is 2. The summed E-state index contributed by atoms with van der Waals surface area (Å²) in [7, 11) is 1.91. The van der Waals surface area contributed by atoms with E-state index >= 15 is 0 Å². The number of alkyl halides is 6. The molecule has 0 bridgehead atoms. The van der Waals surface area contributed by atoms with Crippen LogP contribution in [0.5, 0.6) is 5.75 Å². The van der Waals surface area contributed by atoms with Crippen molar-refractivity contribution in [2.24, 2.45) is 5.92 Å². The van der Waals surface area contributed by atoms with Gasteiger partial charge in [0.2, 0.25) is 5.91 Å². The largest absolute Gasteiger partial charge is 0.486 e. The zero-order chi connectivity index (χ0) is 37.8. The summed E-state index contributed by atoms with van der Waals surface area (Å²) in [6, 6.07) is 23.0. The Bertz CT molecular complexity index is 1830. The molecule has 1 aliphatic heterocycles. The number of hydrogen-bond acceptors (Lipinski definition) is 5. The molecule has 3 atom stereocenters. The summed E-state index contributed by atoms with van der Waals surface area (Å²) in [5, 5.41) is 12.5. The van der Waals surface area contributed by atoms with Crippen LogP contribution in [-0.2, 0) is 30.1 Å². The first-order chi connectivity index (χ1) is 24.5. The van der Waals surface area contributed by atoms with Gasteiger partial charge in [0.1, 0.15) is 6.10 Å². The number of hydrogen-bond donors (Lipinski definition) is 2. The normalized spacial score (nSPS) is 17.2. The number of fused-ring (bicyclic) bond motifs is 1. The van der Waals surface area contributed by atoms with Crippen molar-refractivity contribution in [3.05, 3.63) is 119 Å². The van der Waals surface area contributed by atoms with E-state index in [4.69, 9.17) is 4.74 Å². The van der Waals surface area contributed by atoms with E-state index in [0.29, 0.717) is 25.2 Å². The Morgan fingerprint density at radius 2 is 1.52 bits per heavy atom. The minimum Gasteiger partial charge on any atom is -0.486 e. The van der Waals surface area contributed by atoms with Gasteiger partial charge in [-0.25, -0.2) is 0 Å². The number of ether oxygens (including phenoxy) is 1. The number of nitrogens with zero attached hydrogens (tertiary/aromatic N) is 2. The monoisotopic (exact) mass is 727 g/mol. The highest BCUT2D eigenvalue weighted by atomic mass is 19.4. The maximum absolute atomic E-state index is 13.8. The molecule has 0 saturated heterocycles. The van der Waals surface area contributed by atoms with Gasteiger partial charge in [-0.15, -0.1) is 0 Å². The molecule has 7 nitrogen and oxygen atoms in total. The average Bonchev–Trinajstić information content (AvgIpc) is 3.09. The van der Waals surface area contributed by atoms with Gasteiger partial charge in [-0.3, -0.25) is 14.5 Å². The van der Waals surface area contributed by atoms with Gasteiger partial charge >= 0.3 is 12.4 Å². The molecule has 13 heteroatoms. The Kier molecular flexibility index (Phi) is 11.6. The smallest absolute Gasteiger partial charge is 0.416 e. The van der Waals surface area contributed by atoms with E-state index in [1.807, 2.05) is 68.6 Å². The lowest BCUT2D eigenvalue weighted by atomic mass is 9.98. The van der Waals surface area contributed by atoms with Crippen LogP contribution in [0.15, 0.2) is 91.0 Å². The Labute approximate surface area is 297 Å². The third-order valence-electron chi connectivity index (χ3n) is 8.98. The summed E-state index contributed by atoms with van der Waals surface area (Å²) in [6.07, 6.45) is -11.5. The summed E-state index contributed by atoms with van der Waals surface area (Å²) < 4.78 is 87.2. The summed E-state index contributed by atoms with van der Waals surface area (Å²) in [4.78, 5) is 30.6. The van der Waals surface area contributed by atoms with Crippen molar-refractivity contribution >= 4 is 17.5 Å². The van der Waals surface area contributed by atoms with Crippen LogP contribution < -0.4 is 10.1 Å². The summed E-state index contributed by atoms with van der Waals surface area (Å²) in [6.45, 7) is 4.46. The maximum atomic E-state index is 13.8. The van der Waals surface area contributed by atoms with Crippen LogP contribution in [0.3, 0.4) is 0 Å². The molecule has 0 aliphatic carbocycles. The van der Waals surface area contributed by atoms with Crippen molar-refractivity contribution in [1.29, 1.82) is 0 Å². The summed E-state index contributed by atoms with van der Waals surface area (Å²) in [5.41, 5.74) is -0.248. The van der Waals surface area contributed by atoms with E-state index in [1.165, 1.54) is 23.1 Å². The summed E-state index contributed by atoms with van der Waals surface area (Å²) >= 11 is 0. The predicted octanol–water partition coefficient (Wildman–Crippen LogP) is 7.92. The number of aliphatic hydroxyl groups is 1. The highest BCUT2D eigenvalue weighted by Crippen LogP contribution is 2.38. The molecular weight excluding hydrogens is 688 g/mol. The lowest BCUT2D eigenvalue weighted by Gasteiger charge is -2.38. The number of halogens is 6. The highest BCUT2D eigenvalue weighted by molar-refractivity contribution is 6.02. The molecule has 4 aromatic rings. The maximum Gasteiger partial charge on any atom is 0.416 e. The van der Waals surface area contributed by atoms with E-state index in [0.717, 1.165) is 16.7 Å². The molecule has 1 heterocycles. The van der Waals surface area contributed by atoms with Gasteiger partial charge in [0, 0.05) is 25.6 Å². The molecule has 52 heavy (non-hydrogen) atoms. The van der Waals surface area contributed by atoms with E-state index < -0.39 is 59.4 Å². The Hall–Kier alpha value is -4.88. The number of likely N-dealkylation sites (N-methyl/N-ethyl adjacent to an activating group) is 1. The van der Waals surface area contributed by atoms with E-state index in [2.05, 4.69) is 10.2 Å². The van der Waals surface area contributed by atoms with Crippen molar-refractivity contribution in [3.63, 3.8) is 0 Å². The van der Waals surface area contributed by atoms with Crippen LogP contribution in [0, 0.1) is 5.92 Å². The molecule has 0 radical (unpaired) electrons. The Balaban J connectivity index is 1.40. The van der Waals surface area contributed by atoms with Crippen molar-refractivity contribution in [1.82, 2.24) is 9.80 Å². The van der Waals surface area contributed by atoms with Crippen LogP contribution in [0.2, 0.25) is 0 Å². The molecule has 4 aromatic carbocycles. The fourth-order valence-electron chi connectivity index (χ4n) is 6.18. The molecule has 276 valence electrons. The quantitative estimate of drug-likeness (QED) is 0.162. The van der Waals surface area contributed by atoms with Gasteiger partial charge in [-0.2, -0.15) is 26.3 Å². The number of benzene rings is 4. The van der Waals surface area contributed by atoms with Crippen molar-refractivity contribution in [3.8, 4) is 16.9 Å². The van der Waals surface area contributed by atoms with Gasteiger partial charge in [0.25, 0.3) is 5.91 Å². The number of carbonyl (C=O) groups excluding carboxylic acids is 2. The van der Waals surface area contributed by atoms with Gasteiger partial charge in [0.15, 0.2) is 5.75 Å². The highest BCUT2D eigenvalue weighted by Gasteiger charge is 2.38. The number of nitrogens with one attached hydrogen (secondary N) is 1. The topological polar surface area (TPSA) is 82.1 Å². The number of aliphatic hydroxyl groups excluding tert-OH is 1. The first-order valence-corrected chi connectivity index (χ1v) is 16.7. The van der Waals surface area contributed by atoms with Gasteiger partial charge in [-0.1, -0.05) is 67.6 Å². The van der Waals surface area contributed by atoms with Crippen molar-refractivity contribution in [2.75, 3.05) is 32.1 Å². The molecule has 0 unspecified atom stereocenters. The van der Waals surface area contributed by atoms with E-state index in [9.17, 15) is 41.0 Å². The summed E-state index contributed by atoms with van der Waals surface area (Å²) in [5.74, 6) is -1.66. The first kappa shape index (κ1) is 38.4. The van der Waals surface area contributed by atoms with Gasteiger partial charge in [0.05, 0.1) is 41.4 Å².